The summed E-state index contributed by atoms with van der Waals surface area (Å²) < 4.78 is 18.2. The second kappa shape index (κ2) is 6.19. The van der Waals surface area contributed by atoms with Crippen molar-refractivity contribution in [3.8, 4) is 5.75 Å². The summed E-state index contributed by atoms with van der Waals surface area (Å²) in [6.07, 6.45) is 0. The molecule has 0 bridgehead atoms. The fourth-order valence-electron chi connectivity index (χ4n) is 2.00. The van der Waals surface area contributed by atoms with E-state index in [0.29, 0.717) is 17.7 Å². The topological polar surface area (TPSA) is 38.3 Å². The quantitative estimate of drug-likeness (QED) is 0.929. The van der Waals surface area contributed by atoms with E-state index < -0.39 is 0 Å². The highest BCUT2D eigenvalue weighted by Crippen LogP contribution is 2.17. The molecule has 0 fully saturated rings. The van der Waals surface area contributed by atoms with E-state index in [1.165, 1.54) is 18.2 Å². The summed E-state index contributed by atoms with van der Waals surface area (Å²) >= 11 is 0. The normalized spacial score (nSPS) is 10.2. The number of hydrogen-bond donors (Lipinski definition) is 1. The summed E-state index contributed by atoms with van der Waals surface area (Å²) in [6.45, 7) is 2.07. The average Bonchev–Trinajstić information content (AvgIpc) is 2.45. The van der Waals surface area contributed by atoms with E-state index in [4.69, 9.17) is 4.74 Å². The fourth-order valence-corrected chi connectivity index (χ4v) is 2.00. The molecule has 104 valence electrons. The Balaban J connectivity index is 2.09. The number of aryl methyl sites for hydroxylation is 1. The van der Waals surface area contributed by atoms with E-state index >= 15 is 0 Å². The van der Waals surface area contributed by atoms with Crippen molar-refractivity contribution in [3.05, 3.63) is 65.0 Å². The third-order valence-electron chi connectivity index (χ3n) is 3.06. The van der Waals surface area contributed by atoms with Crippen molar-refractivity contribution < 1.29 is 13.9 Å². The maximum atomic E-state index is 13.0. The highest BCUT2D eigenvalue weighted by atomic mass is 19.1. The smallest absolute Gasteiger partial charge is 0.251 e. The van der Waals surface area contributed by atoms with Gasteiger partial charge in [0.05, 0.1) is 7.11 Å². The summed E-state index contributed by atoms with van der Waals surface area (Å²) in [5.41, 5.74) is 1.98. The van der Waals surface area contributed by atoms with E-state index in [0.717, 1.165) is 11.3 Å². The molecule has 2 aromatic carbocycles. The molecule has 0 unspecified atom stereocenters. The van der Waals surface area contributed by atoms with Crippen LogP contribution in [0.4, 0.5) is 4.39 Å². The summed E-state index contributed by atoms with van der Waals surface area (Å²) in [4.78, 5) is 12.1. The zero-order valence-electron chi connectivity index (χ0n) is 11.4. The first kappa shape index (κ1) is 14.1. The van der Waals surface area contributed by atoms with Crippen LogP contribution in [0.15, 0.2) is 42.5 Å². The van der Waals surface area contributed by atoms with Gasteiger partial charge in [0.25, 0.3) is 5.91 Å². The number of hydrogen-bond acceptors (Lipinski definition) is 2. The molecule has 2 aromatic rings. The first-order chi connectivity index (χ1) is 9.61. The third-order valence-corrected chi connectivity index (χ3v) is 3.06. The van der Waals surface area contributed by atoms with Gasteiger partial charge in [0.2, 0.25) is 0 Å². The second-order valence-electron chi connectivity index (χ2n) is 4.45. The van der Waals surface area contributed by atoms with E-state index in [1.807, 2.05) is 24.3 Å². The molecule has 4 heteroatoms. The lowest BCUT2D eigenvalue weighted by Gasteiger charge is -2.10. The molecule has 3 nitrogen and oxygen atoms in total. The number of ether oxygens (including phenoxy) is 1. The summed E-state index contributed by atoms with van der Waals surface area (Å²) in [5.74, 6) is 0.154. The Labute approximate surface area is 117 Å². The lowest BCUT2D eigenvalue weighted by atomic mass is 10.1. The van der Waals surface area contributed by atoms with Crippen LogP contribution >= 0.6 is 0 Å². The number of halogens is 1. The standard InChI is InChI=1S/C16H16FNO2/c1-11-9-13(17)7-8-14(11)16(19)18-10-12-5-3-4-6-15(12)20-2/h3-9H,10H2,1-2H3,(H,18,19). The number of carbonyl (C=O) groups is 1. The molecule has 0 aliphatic heterocycles. The minimum Gasteiger partial charge on any atom is -0.496 e. The Bertz CT molecular complexity index is 626. The lowest BCUT2D eigenvalue weighted by molar-refractivity contribution is 0.0950. The zero-order chi connectivity index (χ0) is 14.5. The van der Waals surface area contributed by atoms with Gasteiger partial charge in [-0.15, -0.1) is 0 Å². The van der Waals surface area contributed by atoms with Crippen LogP contribution in [-0.2, 0) is 6.54 Å². The van der Waals surface area contributed by atoms with Crippen molar-refractivity contribution >= 4 is 5.91 Å². The molecule has 0 atom stereocenters. The predicted octanol–water partition coefficient (Wildman–Crippen LogP) is 3.07. The first-order valence-corrected chi connectivity index (χ1v) is 6.28. The van der Waals surface area contributed by atoms with Gasteiger partial charge in [-0.1, -0.05) is 18.2 Å². The molecule has 1 amide bonds. The van der Waals surface area contributed by atoms with E-state index in [-0.39, 0.29) is 11.7 Å². The Morgan fingerprint density at radius 3 is 2.70 bits per heavy atom. The van der Waals surface area contributed by atoms with Crippen LogP contribution in [0.25, 0.3) is 0 Å². The van der Waals surface area contributed by atoms with Gasteiger partial charge < -0.3 is 10.1 Å². The molecule has 1 N–H and O–H groups in total. The maximum Gasteiger partial charge on any atom is 0.251 e. The Kier molecular flexibility index (Phi) is 4.35. The number of nitrogens with one attached hydrogen (secondary N) is 1. The van der Waals surface area contributed by atoms with Gasteiger partial charge in [-0.05, 0) is 36.8 Å². The van der Waals surface area contributed by atoms with Gasteiger partial charge in [-0.25, -0.2) is 4.39 Å². The van der Waals surface area contributed by atoms with Gasteiger partial charge in [-0.2, -0.15) is 0 Å². The fraction of sp³-hybridized carbons (Fsp3) is 0.188. The molecule has 0 aliphatic rings. The molecule has 0 radical (unpaired) electrons. The summed E-state index contributed by atoms with van der Waals surface area (Å²) in [5, 5.41) is 2.81. The van der Waals surface area contributed by atoms with Crippen LogP contribution in [-0.4, -0.2) is 13.0 Å². The molecule has 0 heterocycles. The number of carbonyl (C=O) groups excluding carboxylic acids is 1. The van der Waals surface area contributed by atoms with Crippen LogP contribution < -0.4 is 10.1 Å². The van der Waals surface area contributed by atoms with Crippen LogP contribution in [0.2, 0.25) is 0 Å². The van der Waals surface area contributed by atoms with Gasteiger partial charge >= 0.3 is 0 Å². The molecule has 0 aliphatic carbocycles. The molecule has 2 rings (SSSR count). The van der Waals surface area contributed by atoms with Crippen LogP contribution in [0.5, 0.6) is 5.75 Å². The monoisotopic (exact) mass is 273 g/mol. The number of benzene rings is 2. The number of methoxy groups -OCH3 is 1. The maximum absolute atomic E-state index is 13.0. The molecular weight excluding hydrogens is 257 g/mol. The van der Waals surface area contributed by atoms with Crippen molar-refractivity contribution in [1.82, 2.24) is 5.32 Å². The first-order valence-electron chi connectivity index (χ1n) is 6.28. The SMILES string of the molecule is COc1ccccc1CNC(=O)c1ccc(F)cc1C. The van der Waals surface area contributed by atoms with Crippen molar-refractivity contribution in [2.75, 3.05) is 7.11 Å². The van der Waals surface area contributed by atoms with Crippen molar-refractivity contribution in [2.45, 2.75) is 13.5 Å². The van der Waals surface area contributed by atoms with Crippen molar-refractivity contribution in [3.63, 3.8) is 0 Å². The van der Waals surface area contributed by atoms with E-state index in [1.54, 1.807) is 14.0 Å². The highest BCUT2D eigenvalue weighted by molar-refractivity contribution is 5.95. The van der Waals surface area contributed by atoms with Crippen LogP contribution in [0.1, 0.15) is 21.5 Å². The molecular formula is C16H16FNO2. The molecule has 0 saturated heterocycles. The molecule has 20 heavy (non-hydrogen) atoms. The third kappa shape index (κ3) is 3.15. The predicted molar refractivity (Wildman–Crippen MR) is 75.3 cm³/mol. The van der Waals surface area contributed by atoms with Gasteiger partial charge in [0.15, 0.2) is 0 Å². The Hall–Kier alpha value is -2.36. The van der Waals surface area contributed by atoms with Gasteiger partial charge in [0, 0.05) is 17.7 Å². The second-order valence-corrected chi connectivity index (χ2v) is 4.45. The van der Waals surface area contributed by atoms with Crippen molar-refractivity contribution in [2.24, 2.45) is 0 Å². The average molecular weight is 273 g/mol. The van der Waals surface area contributed by atoms with E-state index in [9.17, 15) is 9.18 Å². The Morgan fingerprint density at radius 2 is 2.00 bits per heavy atom. The number of amides is 1. The number of para-hydroxylation sites is 1. The molecule has 0 aromatic heterocycles. The summed E-state index contributed by atoms with van der Waals surface area (Å²) in [7, 11) is 1.59. The Morgan fingerprint density at radius 1 is 1.25 bits per heavy atom. The lowest BCUT2D eigenvalue weighted by Crippen LogP contribution is -2.23. The molecule has 0 saturated carbocycles. The largest absolute Gasteiger partial charge is 0.496 e. The molecule has 0 spiro atoms. The highest BCUT2D eigenvalue weighted by Gasteiger charge is 2.10. The summed E-state index contributed by atoms with van der Waals surface area (Å²) in [6, 6.07) is 11.6. The van der Waals surface area contributed by atoms with E-state index in [2.05, 4.69) is 5.32 Å². The van der Waals surface area contributed by atoms with Crippen molar-refractivity contribution in [1.29, 1.82) is 0 Å². The number of rotatable bonds is 4. The van der Waals surface area contributed by atoms with Gasteiger partial charge in [0.1, 0.15) is 11.6 Å². The van der Waals surface area contributed by atoms with Crippen LogP contribution in [0.3, 0.4) is 0 Å². The van der Waals surface area contributed by atoms with Crippen LogP contribution in [0, 0.1) is 12.7 Å². The zero-order valence-corrected chi connectivity index (χ0v) is 11.4. The minimum absolute atomic E-state index is 0.228. The van der Waals surface area contributed by atoms with Gasteiger partial charge in [-0.3, -0.25) is 4.79 Å². The minimum atomic E-state index is -0.344.